The van der Waals surface area contributed by atoms with Gasteiger partial charge in [0.05, 0.1) is 5.56 Å². The van der Waals surface area contributed by atoms with Crippen LogP contribution in [-0.2, 0) is 0 Å². The van der Waals surface area contributed by atoms with Crippen molar-refractivity contribution in [3.05, 3.63) is 29.3 Å². The Morgan fingerprint density at radius 2 is 1.89 bits per heavy atom. The molecule has 19 heavy (non-hydrogen) atoms. The van der Waals surface area contributed by atoms with Gasteiger partial charge < -0.3 is 15.1 Å². The quantitative estimate of drug-likeness (QED) is 0.853. The number of nitrogens with zero attached hydrogens (tertiary/aromatic N) is 2. The van der Waals surface area contributed by atoms with Crippen molar-refractivity contribution >= 4 is 11.6 Å². The van der Waals surface area contributed by atoms with Crippen molar-refractivity contribution in [3.63, 3.8) is 0 Å². The third kappa shape index (κ3) is 4.56. The van der Waals surface area contributed by atoms with Crippen LogP contribution in [0.4, 0.5) is 5.69 Å². The molecular formula is C15H25N3O. The van der Waals surface area contributed by atoms with Crippen LogP contribution in [0.15, 0.2) is 18.2 Å². The first-order valence-corrected chi connectivity index (χ1v) is 6.70. The summed E-state index contributed by atoms with van der Waals surface area (Å²) in [5.41, 5.74) is 2.82. The highest BCUT2D eigenvalue weighted by Crippen LogP contribution is 2.19. The second-order valence-corrected chi connectivity index (χ2v) is 5.11. The lowest BCUT2D eigenvalue weighted by atomic mass is 10.1. The summed E-state index contributed by atoms with van der Waals surface area (Å²) in [5, 5.41) is 3.26. The zero-order valence-corrected chi connectivity index (χ0v) is 12.7. The molecule has 1 amide bonds. The van der Waals surface area contributed by atoms with Crippen molar-refractivity contribution in [3.8, 4) is 0 Å². The minimum atomic E-state index is 0.0674. The van der Waals surface area contributed by atoms with E-state index < -0.39 is 0 Å². The Kier molecular flexibility index (Phi) is 5.83. The fraction of sp³-hybridized carbons (Fsp3) is 0.533. The Bertz CT molecular complexity index is 429. The number of anilines is 1. The summed E-state index contributed by atoms with van der Waals surface area (Å²) in [4.78, 5) is 16.3. The minimum absolute atomic E-state index is 0.0674. The van der Waals surface area contributed by atoms with Crippen LogP contribution in [0, 0.1) is 6.92 Å². The standard InChI is InChI=1S/C15H25N3O/c1-6-16-14-11-12(2)7-8-13(14)15(19)18(5)10-9-17(3)4/h7-8,11,16H,6,9-10H2,1-5H3. The van der Waals surface area contributed by atoms with Crippen molar-refractivity contribution in [2.75, 3.05) is 46.1 Å². The van der Waals surface area contributed by atoms with Crippen LogP contribution in [0.5, 0.6) is 0 Å². The molecule has 0 saturated carbocycles. The van der Waals surface area contributed by atoms with Gasteiger partial charge in [-0.1, -0.05) is 6.07 Å². The van der Waals surface area contributed by atoms with Crippen molar-refractivity contribution in [2.45, 2.75) is 13.8 Å². The maximum Gasteiger partial charge on any atom is 0.255 e. The average Bonchev–Trinajstić information content (AvgIpc) is 2.35. The second-order valence-electron chi connectivity index (χ2n) is 5.11. The molecule has 0 saturated heterocycles. The number of amides is 1. The number of likely N-dealkylation sites (N-methyl/N-ethyl adjacent to an activating group) is 2. The molecule has 0 fully saturated rings. The molecule has 1 rings (SSSR count). The summed E-state index contributed by atoms with van der Waals surface area (Å²) in [7, 11) is 5.87. The zero-order chi connectivity index (χ0) is 14.4. The topological polar surface area (TPSA) is 35.6 Å². The number of carbonyl (C=O) groups excluding carboxylic acids is 1. The smallest absolute Gasteiger partial charge is 0.255 e. The molecule has 0 unspecified atom stereocenters. The molecule has 0 radical (unpaired) electrons. The molecule has 1 aromatic rings. The Labute approximate surface area is 116 Å². The van der Waals surface area contributed by atoms with Gasteiger partial charge in [-0.15, -0.1) is 0 Å². The lowest BCUT2D eigenvalue weighted by Gasteiger charge is -2.21. The van der Waals surface area contributed by atoms with Crippen molar-refractivity contribution < 1.29 is 4.79 Å². The predicted molar refractivity (Wildman–Crippen MR) is 80.9 cm³/mol. The molecule has 0 aromatic heterocycles. The molecule has 106 valence electrons. The van der Waals surface area contributed by atoms with Crippen LogP contribution < -0.4 is 5.32 Å². The van der Waals surface area contributed by atoms with E-state index in [9.17, 15) is 4.79 Å². The van der Waals surface area contributed by atoms with E-state index in [0.29, 0.717) is 0 Å². The molecule has 0 bridgehead atoms. The fourth-order valence-corrected chi connectivity index (χ4v) is 1.84. The molecule has 0 atom stereocenters. The lowest BCUT2D eigenvalue weighted by molar-refractivity contribution is 0.0787. The number of hydrogen-bond acceptors (Lipinski definition) is 3. The number of aryl methyl sites for hydroxylation is 1. The Morgan fingerprint density at radius 3 is 2.47 bits per heavy atom. The summed E-state index contributed by atoms with van der Waals surface area (Å²) < 4.78 is 0. The van der Waals surface area contributed by atoms with Crippen LogP contribution in [0.25, 0.3) is 0 Å². The number of nitrogens with one attached hydrogen (secondary N) is 1. The molecule has 0 aliphatic heterocycles. The summed E-state index contributed by atoms with van der Waals surface area (Å²) >= 11 is 0. The van der Waals surface area contributed by atoms with Crippen LogP contribution >= 0.6 is 0 Å². The highest BCUT2D eigenvalue weighted by molar-refractivity contribution is 5.99. The van der Waals surface area contributed by atoms with Gasteiger partial charge >= 0.3 is 0 Å². The largest absolute Gasteiger partial charge is 0.385 e. The highest BCUT2D eigenvalue weighted by atomic mass is 16.2. The van der Waals surface area contributed by atoms with E-state index >= 15 is 0 Å². The normalized spacial score (nSPS) is 10.6. The van der Waals surface area contributed by atoms with Gasteiger partial charge in [-0.3, -0.25) is 4.79 Å². The average molecular weight is 263 g/mol. The van der Waals surface area contributed by atoms with E-state index in [1.165, 1.54) is 0 Å². The predicted octanol–water partition coefficient (Wildman–Crippen LogP) is 2.06. The van der Waals surface area contributed by atoms with Gasteiger partial charge in [-0.2, -0.15) is 0 Å². The van der Waals surface area contributed by atoms with Crippen LogP contribution in [0.2, 0.25) is 0 Å². The number of rotatable bonds is 6. The van der Waals surface area contributed by atoms with Crippen molar-refractivity contribution in [1.29, 1.82) is 0 Å². The summed E-state index contributed by atoms with van der Waals surface area (Å²) in [6.45, 7) is 6.47. The molecule has 0 aliphatic rings. The molecule has 1 N–H and O–H groups in total. The van der Waals surface area contributed by atoms with Gasteiger partial charge in [0.15, 0.2) is 0 Å². The van der Waals surface area contributed by atoms with Gasteiger partial charge in [0.1, 0.15) is 0 Å². The van der Waals surface area contributed by atoms with Crippen LogP contribution in [0.1, 0.15) is 22.8 Å². The first-order valence-electron chi connectivity index (χ1n) is 6.70. The van der Waals surface area contributed by atoms with E-state index in [1.807, 2.05) is 53.2 Å². The zero-order valence-electron chi connectivity index (χ0n) is 12.7. The molecule has 1 aromatic carbocycles. The summed E-state index contributed by atoms with van der Waals surface area (Å²) in [6.07, 6.45) is 0. The maximum absolute atomic E-state index is 12.4. The van der Waals surface area contributed by atoms with Crippen molar-refractivity contribution in [1.82, 2.24) is 9.80 Å². The highest BCUT2D eigenvalue weighted by Gasteiger charge is 2.15. The van der Waals surface area contributed by atoms with Gasteiger partial charge in [0.2, 0.25) is 0 Å². The van der Waals surface area contributed by atoms with E-state index in [4.69, 9.17) is 0 Å². The van der Waals surface area contributed by atoms with Crippen LogP contribution in [0.3, 0.4) is 0 Å². The SMILES string of the molecule is CCNc1cc(C)ccc1C(=O)N(C)CCN(C)C. The van der Waals surface area contributed by atoms with E-state index in [0.717, 1.165) is 36.4 Å². The molecular weight excluding hydrogens is 238 g/mol. The summed E-state index contributed by atoms with van der Waals surface area (Å²) in [6, 6.07) is 5.91. The third-order valence-electron chi connectivity index (χ3n) is 3.00. The Hall–Kier alpha value is -1.55. The van der Waals surface area contributed by atoms with E-state index in [2.05, 4.69) is 10.2 Å². The molecule has 4 nitrogen and oxygen atoms in total. The fourth-order valence-electron chi connectivity index (χ4n) is 1.84. The first kappa shape index (κ1) is 15.5. The van der Waals surface area contributed by atoms with E-state index in [-0.39, 0.29) is 5.91 Å². The molecule has 0 heterocycles. The minimum Gasteiger partial charge on any atom is -0.385 e. The second kappa shape index (κ2) is 7.14. The number of benzene rings is 1. The molecule has 0 aliphatic carbocycles. The van der Waals surface area contributed by atoms with Crippen LogP contribution in [-0.4, -0.2) is 56.5 Å². The van der Waals surface area contributed by atoms with Gasteiger partial charge in [-0.05, 0) is 45.6 Å². The monoisotopic (exact) mass is 263 g/mol. The lowest BCUT2D eigenvalue weighted by Crippen LogP contribution is -2.33. The third-order valence-corrected chi connectivity index (χ3v) is 3.00. The maximum atomic E-state index is 12.4. The molecule has 4 heteroatoms. The van der Waals surface area contributed by atoms with E-state index in [1.54, 1.807) is 4.90 Å². The van der Waals surface area contributed by atoms with Gasteiger partial charge in [-0.25, -0.2) is 0 Å². The summed E-state index contributed by atoms with van der Waals surface area (Å²) in [5.74, 6) is 0.0674. The number of carbonyl (C=O) groups is 1. The first-order chi connectivity index (χ1) is 8.95. The Morgan fingerprint density at radius 1 is 1.21 bits per heavy atom. The number of hydrogen-bond donors (Lipinski definition) is 1. The van der Waals surface area contributed by atoms with Gasteiger partial charge in [0, 0.05) is 32.4 Å². The Balaban J connectivity index is 2.86. The van der Waals surface area contributed by atoms with Crippen molar-refractivity contribution in [2.24, 2.45) is 0 Å². The molecule has 0 spiro atoms. The van der Waals surface area contributed by atoms with Gasteiger partial charge in [0.25, 0.3) is 5.91 Å².